The van der Waals surface area contributed by atoms with Gasteiger partial charge in [-0.25, -0.2) is 0 Å². The van der Waals surface area contributed by atoms with Gasteiger partial charge in [0.1, 0.15) is 0 Å². The van der Waals surface area contributed by atoms with Crippen LogP contribution in [0.1, 0.15) is 11.3 Å². The fraction of sp³-hybridized carbons (Fsp3) is 0.0833. The van der Waals surface area contributed by atoms with Gasteiger partial charge < -0.3 is 0 Å². The van der Waals surface area contributed by atoms with Crippen LogP contribution in [0, 0.1) is 0 Å². The second kappa shape index (κ2) is 2.43. The Hall–Kier alpha value is -1.63. The highest BCUT2D eigenvalue weighted by Crippen LogP contribution is 2.26. The molecule has 1 heterocycles. The van der Waals surface area contributed by atoms with E-state index in [4.69, 9.17) is 0 Å². The Bertz CT molecular complexity index is 492. The predicted octanol–water partition coefficient (Wildman–Crippen LogP) is 2.80. The molecule has 2 aromatic rings. The zero-order chi connectivity index (χ0) is 8.67. The summed E-state index contributed by atoms with van der Waals surface area (Å²) in [5.74, 6) is 0. The summed E-state index contributed by atoms with van der Waals surface area (Å²) < 4.78 is 0. The van der Waals surface area contributed by atoms with E-state index in [1.165, 1.54) is 16.3 Å². The van der Waals surface area contributed by atoms with Crippen LogP contribution in [0.3, 0.4) is 0 Å². The first kappa shape index (κ1) is 6.84. The zero-order valence-corrected chi connectivity index (χ0v) is 7.20. The van der Waals surface area contributed by atoms with Gasteiger partial charge in [-0.1, -0.05) is 24.3 Å². The molecule has 0 saturated heterocycles. The van der Waals surface area contributed by atoms with Gasteiger partial charge in [0.05, 0.1) is 5.69 Å². The van der Waals surface area contributed by atoms with Gasteiger partial charge in [-0.15, -0.1) is 0 Å². The summed E-state index contributed by atoms with van der Waals surface area (Å²) in [6.07, 6.45) is 7.19. The summed E-state index contributed by atoms with van der Waals surface area (Å²) >= 11 is 0. The first-order valence-electron chi connectivity index (χ1n) is 4.48. The smallest absolute Gasteiger partial charge is 0.0707 e. The molecule has 0 saturated carbocycles. The van der Waals surface area contributed by atoms with Crippen molar-refractivity contribution in [3.05, 3.63) is 47.8 Å². The lowest BCUT2D eigenvalue weighted by atomic mass is 9.97. The lowest BCUT2D eigenvalue weighted by Crippen LogP contribution is -1.94. The number of benzene rings is 1. The lowest BCUT2D eigenvalue weighted by molar-refractivity contribution is 1.24. The molecule has 1 aliphatic rings. The molecule has 1 heteroatoms. The Morgan fingerprint density at radius 3 is 3.15 bits per heavy atom. The zero-order valence-electron chi connectivity index (χ0n) is 7.20. The third-order valence-electron chi connectivity index (χ3n) is 2.52. The highest BCUT2D eigenvalue weighted by atomic mass is 14.7. The summed E-state index contributed by atoms with van der Waals surface area (Å²) in [4.78, 5) is 4.35. The van der Waals surface area contributed by atoms with E-state index in [0.29, 0.717) is 0 Å². The van der Waals surface area contributed by atoms with E-state index in [9.17, 15) is 0 Å². The maximum atomic E-state index is 4.35. The van der Waals surface area contributed by atoms with Gasteiger partial charge in [-0.2, -0.15) is 0 Å². The molecule has 1 aromatic heterocycles. The Morgan fingerprint density at radius 1 is 1.15 bits per heavy atom. The van der Waals surface area contributed by atoms with Gasteiger partial charge in [0.25, 0.3) is 0 Å². The number of hydrogen-bond acceptors (Lipinski definition) is 1. The molecule has 0 fully saturated rings. The van der Waals surface area contributed by atoms with Crippen LogP contribution in [0.2, 0.25) is 0 Å². The minimum Gasteiger partial charge on any atom is -0.256 e. The number of nitrogens with zero attached hydrogens (tertiary/aromatic N) is 1. The quantitative estimate of drug-likeness (QED) is 0.588. The van der Waals surface area contributed by atoms with Gasteiger partial charge in [0.15, 0.2) is 0 Å². The molecular weight excluding hydrogens is 158 g/mol. The molecule has 0 N–H and O–H groups in total. The monoisotopic (exact) mass is 167 g/mol. The first-order chi connectivity index (χ1) is 6.45. The molecule has 0 unspecified atom stereocenters. The molecule has 0 bridgehead atoms. The number of pyridine rings is 1. The predicted molar refractivity (Wildman–Crippen MR) is 54.5 cm³/mol. The van der Waals surface area contributed by atoms with Crippen LogP contribution in [-0.2, 0) is 6.42 Å². The largest absolute Gasteiger partial charge is 0.256 e. The van der Waals surface area contributed by atoms with E-state index in [1.807, 2.05) is 6.20 Å². The van der Waals surface area contributed by atoms with E-state index in [-0.39, 0.29) is 0 Å². The molecule has 0 spiro atoms. The van der Waals surface area contributed by atoms with Crippen LogP contribution >= 0.6 is 0 Å². The lowest BCUT2D eigenvalue weighted by Gasteiger charge is -2.10. The van der Waals surface area contributed by atoms with Crippen LogP contribution in [0.4, 0.5) is 0 Å². The van der Waals surface area contributed by atoms with E-state index < -0.39 is 0 Å². The molecular formula is C12H9N. The normalized spacial score (nSPS) is 13.5. The number of rotatable bonds is 0. The molecule has 1 aromatic carbocycles. The van der Waals surface area contributed by atoms with Crippen molar-refractivity contribution < 1.29 is 0 Å². The molecule has 0 atom stereocenters. The van der Waals surface area contributed by atoms with E-state index in [1.54, 1.807) is 0 Å². The average molecular weight is 167 g/mol. The summed E-state index contributed by atoms with van der Waals surface area (Å²) in [6.45, 7) is 0. The molecule has 0 amide bonds. The van der Waals surface area contributed by atoms with Gasteiger partial charge in [0.2, 0.25) is 0 Å². The summed E-state index contributed by atoms with van der Waals surface area (Å²) in [5, 5.41) is 2.62. The highest BCUT2D eigenvalue weighted by Gasteiger charge is 2.07. The summed E-state index contributed by atoms with van der Waals surface area (Å²) in [7, 11) is 0. The third kappa shape index (κ3) is 0.903. The molecule has 1 aliphatic carbocycles. The Labute approximate surface area is 76.7 Å². The fourth-order valence-electron chi connectivity index (χ4n) is 1.93. The molecule has 3 rings (SSSR count). The van der Waals surface area contributed by atoms with Crippen LogP contribution in [0.15, 0.2) is 36.5 Å². The molecule has 13 heavy (non-hydrogen) atoms. The second-order valence-electron chi connectivity index (χ2n) is 3.32. The summed E-state index contributed by atoms with van der Waals surface area (Å²) in [6, 6.07) is 8.50. The maximum Gasteiger partial charge on any atom is 0.0707 e. The molecule has 62 valence electrons. The van der Waals surface area contributed by atoms with Crippen LogP contribution < -0.4 is 0 Å². The van der Waals surface area contributed by atoms with Crippen molar-refractivity contribution in [2.24, 2.45) is 0 Å². The van der Waals surface area contributed by atoms with E-state index in [0.717, 1.165) is 12.1 Å². The number of aromatic nitrogens is 1. The highest BCUT2D eigenvalue weighted by molar-refractivity contribution is 5.93. The maximum absolute atomic E-state index is 4.35. The van der Waals surface area contributed by atoms with Crippen molar-refractivity contribution >= 4 is 16.8 Å². The fourth-order valence-corrected chi connectivity index (χ4v) is 1.93. The van der Waals surface area contributed by atoms with Crippen LogP contribution in [-0.4, -0.2) is 4.98 Å². The number of allylic oxidation sites excluding steroid dienone is 1. The second-order valence-corrected chi connectivity index (χ2v) is 3.32. The standard InChI is InChI=1S/C12H9N/c1-3-9-5-2-6-11-12(9)10(4-1)7-8-13-11/h1-4,6-8H,5H2. The minimum atomic E-state index is 1.04. The molecule has 0 radical (unpaired) electrons. The van der Waals surface area contributed by atoms with Crippen molar-refractivity contribution in [3.8, 4) is 0 Å². The van der Waals surface area contributed by atoms with Crippen LogP contribution in [0.5, 0.6) is 0 Å². The first-order valence-corrected chi connectivity index (χ1v) is 4.48. The van der Waals surface area contributed by atoms with E-state index in [2.05, 4.69) is 41.4 Å². The minimum absolute atomic E-state index is 1.04. The molecule has 0 aliphatic heterocycles. The topological polar surface area (TPSA) is 12.9 Å². The Balaban J connectivity index is 2.56. The third-order valence-corrected chi connectivity index (χ3v) is 2.52. The van der Waals surface area contributed by atoms with E-state index >= 15 is 0 Å². The Kier molecular flexibility index (Phi) is 1.28. The molecule has 1 nitrogen and oxygen atoms in total. The van der Waals surface area contributed by atoms with Gasteiger partial charge >= 0.3 is 0 Å². The van der Waals surface area contributed by atoms with Gasteiger partial charge in [0, 0.05) is 11.6 Å². The average Bonchev–Trinajstić information content (AvgIpc) is 2.19. The van der Waals surface area contributed by atoms with Crippen LogP contribution in [0.25, 0.3) is 16.8 Å². The Morgan fingerprint density at radius 2 is 2.15 bits per heavy atom. The van der Waals surface area contributed by atoms with Crippen molar-refractivity contribution in [3.63, 3.8) is 0 Å². The van der Waals surface area contributed by atoms with Crippen molar-refractivity contribution in [2.75, 3.05) is 0 Å². The van der Waals surface area contributed by atoms with Gasteiger partial charge in [-0.05, 0) is 29.5 Å². The van der Waals surface area contributed by atoms with Crippen molar-refractivity contribution in [1.29, 1.82) is 0 Å². The number of hydrogen-bond donors (Lipinski definition) is 0. The SMILES string of the molecule is C1=Cc2nccc3cccc(c23)C1. The van der Waals surface area contributed by atoms with Gasteiger partial charge in [-0.3, -0.25) is 4.98 Å². The summed E-state index contributed by atoms with van der Waals surface area (Å²) in [5.41, 5.74) is 2.50. The van der Waals surface area contributed by atoms with Crippen molar-refractivity contribution in [2.45, 2.75) is 6.42 Å². The van der Waals surface area contributed by atoms with Crippen molar-refractivity contribution in [1.82, 2.24) is 4.98 Å².